The Morgan fingerprint density at radius 3 is 2.55 bits per heavy atom. The van der Waals surface area contributed by atoms with Gasteiger partial charge in [-0.15, -0.1) is 10.2 Å². The second kappa shape index (κ2) is 9.91. The van der Waals surface area contributed by atoms with Crippen LogP contribution in [0.3, 0.4) is 0 Å². The van der Waals surface area contributed by atoms with Crippen LogP contribution in [0.5, 0.6) is 0 Å². The fourth-order valence-corrected chi connectivity index (χ4v) is 4.36. The summed E-state index contributed by atoms with van der Waals surface area (Å²) in [6.45, 7) is 6.55. The number of aryl methyl sites for hydroxylation is 1. The van der Waals surface area contributed by atoms with Gasteiger partial charge >= 0.3 is 0 Å². The molecule has 0 aliphatic heterocycles. The molecule has 1 heterocycles. The van der Waals surface area contributed by atoms with E-state index in [2.05, 4.69) is 20.8 Å². The third-order valence-electron chi connectivity index (χ3n) is 5.16. The molecule has 2 aromatic rings. The lowest BCUT2D eigenvalue weighted by Gasteiger charge is -2.15. The Morgan fingerprint density at radius 2 is 1.90 bits per heavy atom. The molecule has 0 bridgehead atoms. The van der Waals surface area contributed by atoms with Crippen LogP contribution in [0.1, 0.15) is 67.3 Å². The Hall–Kier alpha value is -2.35. The summed E-state index contributed by atoms with van der Waals surface area (Å²) in [7, 11) is 0. The summed E-state index contributed by atoms with van der Waals surface area (Å²) in [4.78, 5) is 24.7. The highest BCUT2D eigenvalue weighted by atomic mass is 32.2. The van der Waals surface area contributed by atoms with Crippen LogP contribution in [-0.4, -0.2) is 38.4 Å². The van der Waals surface area contributed by atoms with Crippen molar-refractivity contribution in [2.75, 3.05) is 5.75 Å². The standard InChI is InChI=1S/C21H29N5O2S/c1-4-26-19(15(3)22-20(28)16-11-9-14(2)10-12-16)24-25-21(26)29-13-18(27)23-17-7-5-6-8-17/h9-12,15,17H,4-8,13H2,1-3H3,(H,22,28)(H,23,27). The zero-order chi connectivity index (χ0) is 20.8. The average Bonchev–Trinajstić information content (AvgIpc) is 3.36. The van der Waals surface area contributed by atoms with Gasteiger partial charge < -0.3 is 15.2 Å². The molecule has 0 radical (unpaired) electrons. The smallest absolute Gasteiger partial charge is 0.251 e. The first-order valence-electron chi connectivity index (χ1n) is 10.2. The van der Waals surface area contributed by atoms with Crippen molar-refractivity contribution in [1.29, 1.82) is 0 Å². The van der Waals surface area contributed by atoms with Crippen LogP contribution in [-0.2, 0) is 11.3 Å². The second-order valence-electron chi connectivity index (χ2n) is 7.48. The van der Waals surface area contributed by atoms with E-state index >= 15 is 0 Å². The molecule has 1 unspecified atom stereocenters. The van der Waals surface area contributed by atoms with Crippen LogP contribution in [0.2, 0.25) is 0 Å². The van der Waals surface area contributed by atoms with Crippen LogP contribution in [0.15, 0.2) is 29.4 Å². The topological polar surface area (TPSA) is 88.9 Å². The zero-order valence-corrected chi connectivity index (χ0v) is 18.1. The minimum Gasteiger partial charge on any atom is -0.353 e. The Kier molecular flexibility index (Phi) is 7.30. The third kappa shape index (κ3) is 5.59. The largest absolute Gasteiger partial charge is 0.353 e. The van der Waals surface area contributed by atoms with E-state index in [4.69, 9.17) is 0 Å². The van der Waals surface area contributed by atoms with Crippen LogP contribution >= 0.6 is 11.8 Å². The lowest BCUT2D eigenvalue weighted by atomic mass is 10.1. The molecule has 156 valence electrons. The van der Waals surface area contributed by atoms with Gasteiger partial charge in [0.15, 0.2) is 11.0 Å². The Labute approximate surface area is 176 Å². The number of carbonyl (C=O) groups is 2. The molecular formula is C21H29N5O2S. The molecule has 1 aromatic carbocycles. The van der Waals surface area contributed by atoms with Crippen molar-refractivity contribution in [3.63, 3.8) is 0 Å². The van der Waals surface area contributed by atoms with Gasteiger partial charge in [-0.2, -0.15) is 0 Å². The Morgan fingerprint density at radius 1 is 1.21 bits per heavy atom. The Balaban J connectivity index is 1.59. The lowest BCUT2D eigenvalue weighted by molar-refractivity contribution is -0.119. The van der Waals surface area contributed by atoms with E-state index in [1.165, 1.54) is 24.6 Å². The number of thioether (sulfide) groups is 1. The molecule has 2 amide bonds. The minimum atomic E-state index is -0.294. The van der Waals surface area contributed by atoms with Crippen LogP contribution in [0.25, 0.3) is 0 Å². The number of carbonyl (C=O) groups excluding carboxylic acids is 2. The van der Waals surface area contributed by atoms with Gasteiger partial charge in [-0.05, 0) is 45.7 Å². The monoisotopic (exact) mass is 415 g/mol. The maximum absolute atomic E-state index is 12.5. The first kappa shape index (κ1) is 21.4. The molecule has 1 fully saturated rings. The lowest BCUT2D eigenvalue weighted by Crippen LogP contribution is -2.33. The van der Waals surface area contributed by atoms with E-state index in [1.54, 1.807) is 0 Å². The molecule has 1 saturated carbocycles. The van der Waals surface area contributed by atoms with Crippen molar-refractivity contribution < 1.29 is 9.59 Å². The summed E-state index contributed by atoms with van der Waals surface area (Å²) in [6.07, 6.45) is 4.53. The summed E-state index contributed by atoms with van der Waals surface area (Å²) in [5.41, 5.74) is 1.72. The highest BCUT2D eigenvalue weighted by Crippen LogP contribution is 2.22. The van der Waals surface area contributed by atoms with Gasteiger partial charge in [0.1, 0.15) is 0 Å². The van der Waals surface area contributed by atoms with Crippen LogP contribution in [0, 0.1) is 6.92 Å². The predicted octanol–water partition coefficient (Wildman–Crippen LogP) is 3.25. The number of nitrogens with one attached hydrogen (secondary N) is 2. The first-order valence-corrected chi connectivity index (χ1v) is 11.2. The molecule has 1 atom stereocenters. The highest BCUT2D eigenvalue weighted by Gasteiger charge is 2.21. The molecule has 7 nitrogen and oxygen atoms in total. The second-order valence-corrected chi connectivity index (χ2v) is 8.43. The quantitative estimate of drug-likeness (QED) is 0.646. The van der Waals surface area contributed by atoms with Gasteiger partial charge in [-0.1, -0.05) is 42.3 Å². The zero-order valence-electron chi connectivity index (χ0n) is 17.3. The van der Waals surface area contributed by atoms with E-state index in [-0.39, 0.29) is 17.9 Å². The number of nitrogens with zero attached hydrogens (tertiary/aromatic N) is 3. The number of aromatic nitrogens is 3. The summed E-state index contributed by atoms with van der Waals surface area (Å²) < 4.78 is 1.95. The van der Waals surface area contributed by atoms with Crippen molar-refractivity contribution in [3.8, 4) is 0 Å². The molecule has 1 aliphatic carbocycles. The van der Waals surface area contributed by atoms with Gasteiger partial charge in [0.05, 0.1) is 11.8 Å². The van der Waals surface area contributed by atoms with Crippen molar-refractivity contribution >= 4 is 23.6 Å². The third-order valence-corrected chi connectivity index (χ3v) is 6.13. The summed E-state index contributed by atoms with van der Waals surface area (Å²) >= 11 is 1.38. The molecular weight excluding hydrogens is 386 g/mol. The van der Waals surface area contributed by atoms with Gasteiger partial charge in [-0.25, -0.2) is 0 Å². The maximum atomic E-state index is 12.5. The number of hydrogen-bond donors (Lipinski definition) is 2. The van der Waals surface area contributed by atoms with Crippen molar-refractivity contribution in [2.24, 2.45) is 0 Å². The number of hydrogen-bond acceptors (Lipinski definition) is 5. The van der Waals surface area contributed by atoms with E-state index in [9.17, 15) is 9.59 Å². The predicted molar refractivity (Wildman–Crippen MR) is 114 cm³/mol. The van der Waals surface area contributed by atoms with Crippen LogP contribution < -0.4 is 10.6 Å². The number of rotatable bonds is 8. The van der Waals surface area contributed by atoms with Crippen LogP contribution in [0.4, 0.5) is 0 Å². The van der Waals surface area contributed by atoms with Gasteiger partial charge in [0.2, 0.25) is 5.91 Å². The normalized spacial score (nSPS) is 15.3. The Bertz CT molecular complexity index is 843. The van der Waals surface area contributed by atoms with E-state index in [1.807, 2.05) is 49.6 Å². The molecule has 1 aliphatic rings. The van der Waals surface area contributed by atoms with E-state index < -0.39 is 0 Å². The van der Waals surface area contributed by atoms with Crippen molar-refractivity contribution in [1.82, 2.24) is 25.4 Å². The minimum absolute atomic E-state index is 0.0369. The fraction of sp³-hybridized carbons (Fsp3) is 0.524. The molecule has 0 spiro atoms. The average molecular weight is 416 g/mol. The number of benzene rings is 1. The van der Waals surface area contributed by atoms with E-state index in [0.717, 1.165) is 18.4 Å². The fourth-order valence-electron chi connectivity index (χ4n) is 3.54. The molecule has 29 heavy (non-hydrogen) atoms. The molecule has 2 N–H and O–H groups in total. The highest BCUT2D eigenvalue weighted by molar-refractivity contribution is 7.99. The molecule has 0 saturated heterocycles. The van der Waals surface area contributed by atoms with Gasteiger partial charge in [0, 0.05) is 18.2 Å². The summed E-state index contributed by atoms with van der Waals surface area (Å²) in [5.74, 6) is 0.897. The van der Waals surface area contributed by atoms with E-state index in [0.29, 0.717) is 34.9 Å². The molecule has 1 aromatic heterocycles. The van der Waals surface area contributed by atoms with Crippen molar-refractivity contribution in [3.05, 3.63) is 41.2 Å². The summed E-state index contributed by atoms with van der Waals surface area (Å²) in [6, 6.07) is 7.48. The number of amides is 2. The maximum Gasteiger partial charge on any atom is 0.251 e. The molecule has 8 heteroatoms. The van der Waals surface area contributed by atoms with Gasteiger partial charge in [-0.3, -0.25) is 9.59 Å². The SMILES string of the molecule is CCn1c(SCC(=O)NC2CCCC2)nnc1C(C)NC(=O)c1ccc(C)cc1. The van der Waals surface area contributed by atoms with Crippen molar-refractivity contribution in [2.45, 2.75) is 70.2 Å². The van der Waals surface area contributed by atoms with Gasteiger partial charge in [0.25, 0.3) is 5.91 Å². The molecule has 3 rings (SSSR count). The summed E-state index contributed by atoms with van der Waals surface area (Å²) in [5, 5.41) is 15.3. The first-order chi connectivity index (χ1) is 14.0.